The van der Waals surface area contributed by atoms with Crippen LogP contribution in [0.5, 0.6) is 0 Å². The molecule has 1 aromatic heterocycles. The molecule has 0 spiro atoms. The Morgan fingerprint density at radius 1 is 1.62 bits per heavy atom. The van der Waals surface area contributed by atoms with Crippen LogP contribution >= 0.6 is 15.9 Å². The van der Waals surface area contributed by atoms with Crippen molar-refractivity contribution in [2.45, 2.75) is 13.3 Å². The maximum absolute atomic E-state index is 11.4. The number of carbonyl (C=O) groups excluding carboxylic acids is 1. The molecule has 1 rings (SSSR count). The lowest BCUT2D eigenvalue weighted by Gasteiger charge is -2.02. The first kappa shape index (κ1) is 10.2. The highest BCUT2D eigenvalue weighted by Gasteiger charge is 2.04. The molecule has 0 aliphatic rings. The Bertz CT molecular complexity index is 301. The van der Waals surface area contributed by atoms with E-state index < -0.39 is 0 Å². The van der Waals surface area contributed by atoms with Crippen LogP contribution in [0.15, 0.2) is 22.9 Å². The van der Waals surface area contributed by atoms with E-state index in [1.54, 1.807) is 18.5 Å². The van der Waals surface area contributed by atoms with Crippen molar-refractivity contribution >= 4 is 21.8 Å². The number of hydrogen-bond donors (Lipinski definition) is 1. The maximum atomic E-state index is 11.4. The second-order valence-electron chi connectivity index (χ2n) is 2.65. The minimum absolute atomic E-state index is 0.0735. The zero-order valence-electron chi connectivity index (χ0n) is 7.38. The predicted molar refractivity (Wildman–Crippen MR) is 54.6 cm³/mol. The van der Waals surface area contributed by atoms with Gasteiger partial charge in [0.2, 0.25) is 0 Å². The van der Waals surface area contributed by atoms with Gasteiger partial charge in [-0.1, -0.05) is 6.92 Å². The van der Waals surface area contributed by atoms with Gasteiger partial charge in [-0.05, 0) is 28.4 Å². The third kappa shape index (κ3) is 3.14. The molecule has 0 bridgehead atoms. The molecule has 0 saturated heterocycles. The van der Waals surface area contributed by atoms with Crippen LogP contribution in [0.1, 0.15) is 23.7 Å². The number of aromatic nitrogens is 1. The van der Waals surface area contributed by atoms with E-state index in [9.17, 15) is 4.79 Å². The average Bonchev–Trinajstić information content (AvgIpc) is 2.14. The van der Waals surface area contributed by atoms with Crippen molar-refractivity contribution in [3.05, 3.63) is 28.5 Å². The summed E-state index contributed by atoms with van der Waals surface area (Å²) in [5.74, 6) is -0.0735. The highest BCUT2D eigenvalue weighted by molar-refractivity contribution is 9.10. The van der Waals surface area contributed by atoms with E-state index in [2.05, 4.69) is 26.2 Å². The van der Waals surface area contributed by atoms with Crippen LogP contribution in [0.3, 0.4) is 0 Å². The van der Waals surface area contributed by atoms with Gasteiger partial charge in [-0.2, -0.15) is 0 Å². The van der Waals surface area contributed by atoms with Crippen LogP contribution in [0.25, 0.3) is 0 Å². The summed E-state index contributed by atoms with van der Waals surface area (Å²) in [6.07, 6.45) is 4.14. The van der Waals surface area contributed by atoms with E-state index in [1.165, 1.54) is 0 Å². The number of amides is 1. The standard InChI is InChI=1S/C9H11BrN2O/c1-2-3-12-9(13)7-4-8(10)6-11-5-7/h4-6H,2-3H2,1H3,(H,12,13). The quantitative estimate of drug-likeness (QED) is 0.881. The molecule has 0 radical (unpaired) electrons. The predicted octanol–water partition coefficient (Wildman–Crippen LogP) is 1.98. The van der Waals surface area contributed by atoms with Crippen LogP contribution in [-0.2, 0) is 0 Å². The molecule has 1 aromatic rings. The molecule has 0 aliphatic carbocycles. The fourth-order valence-corrected chi connectivity index (χ4v) is 1.24. The van der Waals surface area contributed by atoms with E-state index in [4.69, 9.17) is 0 Å². The summed E-state index contributed by atoms with van der Waals surface area (Å²) in [7, 11) is 0. The topological polar surface area (TPSA) is 42.0 Å². The van der Waals surface area contributed by atoms with Crippen molar-refractivity contribution in [1.82, 2.24) is 10.3 Å². The van der Waals surface area contributed by atoms with E-state index in [1.807, 2.05) is 6.92 Å². The number of pyridine rings is 1. The highest BCUT2D eigenvalue weighted by atomic mass is 79.9. The van der Waals surface area contributed by atoms with Gasteiger partial charge in [-0.25, -0.2) is 0 Å². The van der Waals surface area contributed by atoms with Gasteiger partial charge in [-0.15, -0.1) is 0 Å². The first-order valence-electron chi connectivity index (χ1n) is 4.12. The molecule has 70 valence electrons. The van der Waals surface area contributed by atoms with E-state index in [0.717, 1.165) is 10.9 Å². The normalized spacial score (nSPS) is 9.69. The number of nitrogens with one attached hydrogen (secondary N) is 1. The number of carbonyl (C=O) groups is 1. The number of rotatable bonds is 3. The molecule has 0 saturated carbocycles. The molecular formula is C9H11BrN2O. The van der Waals surface area contributed by atoms with Gasteiger partial charge in [0.1, 0.15) is 0 Å². The van der Waals surface area contributed by atoms with Gasteiger partial charge in [-0.3, -0.25) is 9.78 Å². The summed E-state index contributed by atoms with van der Waals surface area (Å²) < 4.78 is 0.816. The smallest absolute Gasteiger partial charge is 0.252 e. The van der Waals surface area contributed by atoms with Crippen LogP contribution in [0.4, 0.5) is 0 Å². The Balaban J connectivity index is 2.66. The number of halogens is 1. The molecule has 0 atom stereocenters. The third-order valence-corrected chi connectivity index (χ3v) is 1.94. The fourth-order valence-electron chi connectivity index (χ4n) is 0.877. The Kier molecular flexibility index (Phi) is 3.89. The summed E-state index contributed by atoms with van der Waals surface area (Å²) in [5, 5.41) is 2.78. The van der Waals surface area contributed by atoms with Crippen molar-refractivity contribution in [1.29, 1.82) is 0 Å². The van der Waals surface area contributed by atoms with Crippen molar-refractivity contribution in [2.75, 3.05) is 6.54 Å². The summed E-state index contributed by atoms with van der Waals surface area (Å²) >= 11 is 3.26. The lowest BCUT2D eigenvalue weighted by Crippen LogP contribution is -2.23. The molecule has 0 fully saturated rings. The summed E-state index contributed by atoms with van der Waals surface area (Å²) in [5.41, 5.74) is 0.586. The maximum Gasteiger partial charge on any atom is 0.252 e. The second-order valence-corrected chi connectivity index (χ2v) is 3.56. The van der Waals surface area contributed by atoms with Crippen LogP contribution in [0.2, 0.25) is 0 Å². The lowest BCUT2D eigenvalue weighted by molar-refractivity contribution is 0.0953. The zero-order chi connectivity index (χ0) is 9.68. The lowest BCUT2D eigenvalue weighted by atomic mass is 10.2. The molecular weight excluding hydrogens is 232 g/mol. The summed E-state index contributed by atoms with van der Waals surface area (Å²) in [6.45, 7) is 2.71. The van der Waals surface area contributed by atoms with E-state index in [0.29, 0.717) is 12.1 Å². The molecule has 0 aromatic carbocycles. The highest BCUT2D eigenvalue weighted by Crippen LogP contribution is 2.09. The van der Waals surface area contributed by atoms with E-state index in [-0.39, 0.29) is 5.91 Å². The molecule has 0 unspecified atom stereocenters. The first-order chi connectivity index (χ1) is 6.24. The summed E-state index contributed by atoms with van der Waals surface area (Å²) in [4.78, 5) is 15.3. The Morgan fingerprint density at radius 3 is 3.00 bits per heavy atom. The average molecular weight is 243 g/mol. The van der Waals surface area contributed by atoms with Gasteiger partial charge < -0.3 is 5.32 Å². The van der Waals surface area contributed by atoms with Crippen molar-refractivity contribution in [2.24, 2.45) is 0 Å². The number of nitrogens with zero attached hydrogens (tertiary/aromatic N) is 1. The van der Waals surface area contributed by atoms with Crippen LogP contribution in [0, 0.1) is 0 Å². The van der Waals surface area contributed by atoms with Gasteiger partial charge >= 0.3 is 0 Å². The molecule has 4 heteroatoms. The van der Waals surface area contributed by atoms with Gasteiger partial charge in [0.05, 0.1) is 5.56 Å². The first-order valence-corrected chi connectivity index (χ1v) is 4.92. The second kappa shape index (κ2) is 4.97. The van der Waals surface area contributed by atoms with Crippen LogP contribution < -0.4 is 5.32 Å². The number of hydrogen-bond acceptors (Lipinski definition) is 2. The monoisotopic (exact) mass is 242 g/mol. The zero-order valence-corrected chi connectivity index (χ0v) is 8.97. The van der Waals surface area contributed by atoms with Gasteiger partial charge in [0.15, 0.2) is 0 Å². The Labute approximate surface area is 85.7 Å². The molecule has 1 amide bonds. The van der Waals surface area contributed by atoms with Crippen molar-refractivity contribution in [3.8, 4) is 0 Å². The molecule has 1 heterocycles. The SMILES string of the molecule is CCCNC(=O)c1cncc(Br)c1. The van der Waals surface area contributed by atoms with Gasteiger partial charge in [0.25, 0.3) is 5.91 Å². The largest absolute Gasteiger partial charge is 0.352 e. The molecule has 0 aliphatic heterocycles. The Morgan fingerprint density at radius 2 is 2.38 bits per heavy atom. The van der Waals surface area contributed by atoms with Gasteiger partial charge in [0, 0.05) is 23.4 Å². The van der Waals surface area contributed by atoms with Crippen LogP contribution in [-0.4, -0.2) is 17.4 Å². The molecule has 1 N–H and O–H groups in total. The Hall–Kier alpha value is -0.900. The minimum Gasteiger partial charge on any atom is -0.352 e. The third-order valence-electron chi connectivity index (χ3n) is 1.50. The van der Waals surface area contributed by atoms with E-state index >= 15 is 0 Å². The molecule has 13 heavy (non-hydrogen) atoms. The van der Waals surface area contributed by atoms with Crippen molar-refractivity contribution in [3.63, 3.8) is 0 Å². The summed E-state index contributed by atoms with van der Waals surface area (Å²) in [6, 6.07) is 1.75. The minimum atomic E-state index is -0.0735. The van der Waals surface area contributed by atoms with Crippen molar-refractivity contribution < 1.29 is 4.79 Å². The fraction of sp³-hybridized carbons (Fsp3) is 0.333. The molecule has 3 nitrogen and oxygen atoms in total.